The van der Waals surface area contributed by atoms with E-state index < -0.39 is 10.0 Å². The SMILES string of the molecule is Cc1ccc(C)c(S(=O)(=O)NCC2(N3CCOCC3)CCN(C)CC2)c1. The summed E-state index contributed by atoms with van der Waals surface area (Å²) in [5.41, 5.74) is 1.62. The number of hydrogen-bond donors (Lipinski definition) is 1. The molecule has 7 heteroatoms. The Hall–Kier alpha value is -0.990. The number of benzene rings is 1. The molecule has 1 aromatic carbocycles. The molecule has 3 rings (SSSR count). The third-order valence-corrected chi connectivity index (χ3v) is 7.37. The van der Waals surface area contributed by atoms with E-state index in [1.54, 1.807) is 6.07 Å². The number of sulfonamides is 1. The van der Waals surface area contributed by atoms with Crippen molar-refractivity contribution in [3.63, 3.8) is 0 Å². The summed E-state index contributed by atoms with van der Waals surface area (Å²) in [5, 5.41) is 0. The standard InChI is InChI=1S/C19H31N3O3S/c1-16-4-5-17(2)18(14-16)26(23,24)20-15-19(6-8-21(3)9-7-19)22-10-12-25-13-11-22/h4-5,14,20H,6-13,15H2,1-3H3. The van der Waals surface area contributed by atoms with Crippen LogP contribution in [0.25, 0.3) is 0 Å². The zero-order chi connectivity index (χ0) is 18.8. The first kappa shape index (κ1) is 19.8. The van der Waals surface area contributed by atoms with Crippen LogP contribution in [-0.4, -0.2) is 76.7 Å². The summed E-state index contributed by atoms with van der Waals surface area (Å²) in [4.78, 5) is 5.15. The van der Waals surface area contributed by atoms with E-state index in [9.17, 15) is 8.42 Å². The second-order valence-electron chi connectivity index (χ2n) is 7.72. The van der Waals surface area contributed by atoms with Gasteiger partial charge in [-0.2, -0.15) is 0 Å². The molecule has 6 nitrogen and oxygen atoms in total. The molecule has 1 N–H and O–H groups in total. The van der Waals surface area contributed by atoms with Crippen molar-refractivity contribution in [2.45, 2.75) is 37.1 Å². The molecule has 1 aromatic rings. The smallest absolute Gasteiger partial charge is 0.240 e. The van der Waals surface area contributed by atoms with Crippen molar-refractivity contribution in [2.24, 2.45) is 0 Å². The van der Waals surface area contributed by atoms with Crippen molar-refractivity contribution in [2.75, 3.05) is 53.0 Å². The fourth-order valence-electron chi connectivity index (χ4n) is 3.98. The lowest BCUT2D eigenvalue weighted by molar-refractivity contribution is -0.0427. The Morgan fingerprint density at radius 2 is 1.77 bits per heavy atom. The number of rotatable bonds is 5. The second kappa shape index (κ2) is 7.94. The molecule has 0 spiro atoms. The lowest BCUT2D eigenvalue weighted by Gasteiger charge is -2.49. The maximum Gasteiger partial charge on any atom is 0.240 e. The Morgan fingerprint density at radius 1 is 1.12 bits per heavy atom. The molecule has 146 valence electrons. The van der Waals surface area contributed by atoms with E-state index in [1.807, 2.05) is 26.0 Å². The van der Waals surface area contributed by atoms with Crippen LogP contribution < -0.4 is 4.72 Å². The van der Waals surface area contributed by atoms with E-state index in [2.05, 4.69) is 21.6 Å². The van der Waals surface area contributed by atoms with E-state index in [4.69, 9.17) is 4.74 Å². The fraction of sp³-hybridized carbons (Fsp3) is 0.684. The molecule has 0 radical (unpaired) electrons. The number of ether oxygens (including phenoxy) is 1. The first-order chi connectivity index (χ1) is 12.3. The number of nitrogens with one attached hydrogen (secondary N) is 1. The van der Waals surface area contributed by atoms with Crippen molar-refractivity contribution >= 4 is 10.0 Å². The van der Waals surface area contributed by atoms with E-state index in [1.165, 1.54) is 0 Å². The molecule has 2 fully saturated rings. The van der Waals surface area contributed by atoms with Crippen LogP contribution in [0.1, 0.15) is 24.0 Å². The van der Waals surface area contributed by atoms with Crippen LogP contribution in [0.4, 0.5) is 0 Å². The zero-order valence-electron chi connectivity index (χ0n) is 16.1. The number of likely N-dealkylation sites (tertiary alicyclic amines) is 1. The molecular weight excluding hydrogens is 350 g/mol. The maximum atomic E-state index is 13.0. The van der Waals surface area contributed by atoms with Crippen LogP contribution in [0.2, 0.25) is 0 Å². The van der Waals surface area contributed by atoms with Crippen molar-refractivity contribution < 1.29 is 13.2 Å². The van der Waals surface area contributed by atoms with Crippen LogP contribution in [0, 0.1) is 13.8 Å². The predicted molar refractivity (Wildman–Crippen MR) is 103 cm³/mol. The quantitative estimate of drug-likeness (QED) is 0.835. The Labute approximate surface area is 157 Å². The minimum Gasteiger partial charge on any atom is -0.379 e. The van der Waals surface area contributed by atoms with E-state index in [0.29, 0.717) is 11.4 Å². The van der Waals surface area contributed by atoms with Gasteiger partial charge in [0.1, 0.15) is 0 Å². The molecule has 0 amide bonds. The summed E-state index contributed by atoms with van der Waals surface area (Å²) >= 11 is 0. The Kier molecular flexibility index (Phi) is 6.04. The molecule has 2 saturated heterocycles. The van der Waals surface area contributed by atoms with Gasteiger partial charge in [0.2, 0.25) is 10.0 Å². The van der Waals surface area contributed by atoms with Crippen LogP contribution in [0.3, 0.4) is 0 Å². The average Bonchev–Trinajstić information content (AvgIpc) is 2.64. The molecule has 2 heterocycles. The minimum absolute atomic E-state index is 0.124. The van der Waals surface area contributed by atoms with Gasteiger partial charge in [-0.15, -0.1) is 0 Å². The number of aryl methyl sites for hydroxylation is 2. The Balaban J connectivity index is 1.79. The minimum atomic E-state index is -3.52. The van der Waals surface area contributed by atoms with E-state index in [0.717, 1.165) is 63.4 Å². The molecular formula is C19H31N3O3S. The Morgan fingerprint density at radius 3 is 2.42 bits per heavy atom. The fourth-order valence-corrected chi connectivity index (χ4v) is 5.43. The van der Waals surface area contributed by atoms with Crippen LogP contribution >= 0.6 is 0 Å². The summed E-state index contributed by atoms with van der Waals surface area (Å²) in [7, 11) is -1.40. The van der Waals surface area contributed by atoms with Gasteiger partial charge in [-0.1, -0.05) is 12.1 Å². The number of hydrogen-bond acceptors (Lipinski definition) is 5. The molecule has 0 saturated carbocycles. The summed E-state index contributed by atoms with van der Waals surface area (Å²) in [5.74, 6) is 0. The molecule has 0 atom stereocenters. The largest absolute Gasteiger partial charge is 0.379 e. The Bertz CT molecular complexity index is 722. The van der Waals surface area contributed by atoms with Gasteiger partial charge in [-0.25, -0.2) is 13.1 Å². The van der Waals surface area contributed by atoms with Gasteiger partial charge in [0.05, 0.1) is 18.1 Å². The van der Waals surface area contributed by atoms with Gasteiger partial charge < -0.3 is 9.64 Å². The van der Waals surface area contributed by atoms with Gasteiger partial charge in [0.25, 0.3) is 0 Å². The van der Waals surface area contributed by atoms with Crippen LogP contribution in [0.5, 0.6) is 0 Å². The summed E-state index contributed by atoms with van der Waals surface area (Å²) in [6, 6.07) is 5.57. The monoisotopic (exact) mass is 381 g/mol. The topological polar surface area (TPSA) is 61.9 Å². The van der Waals surface area contributed by atoms with Gasteiger partial charge >= 0.3 is 0 Å². The van der Waals surface area contributed by atoms with E-state index >= 15 is 0 Å². The van der Waals surface area contributed by atoms with E-state index in [-0.39, 0.29) is 5.54 Å². The third-order valence-electron chi connectivity index (χ3n) is 5.82. The lowest BCUT2D eigenvalue weighted by atomic mass is 9.85. The average molecular weight is 382 g/mol. The molecule has 0 unspecified atom stereocenters. The number of piperidine rings is 1. The molecule has 0 aliphatic carbocycles. The normalized spacial score (nSPS) is 22.4. The molecule has 2 aliphatic rings. The third kappa shape index (κ3) is 4.28. The summed E-state index contributed by atoms with van der Waals surface area (Å²) in [6.45, 7) is 9.39. The lowest BCUT2D eigenvalue weighted by Crippen LogP contribution is -2.62. The zero-order valence-corrected chi connectivity index (χ0v) is 16.9. The van der Waals surface area contributed by atoms with Crippen molar-refractivity contribution in [3.05, 3.63) is 29.3 Å². The van der Waals surface area contributed by atoms with Crippen LogP contribution in [0.15, 0.2) is 23.1 Å². The first-order valence-electron chi connectivity index (χ1n) is 9.41. The second-order valence-corrected chi connectivity index (χ2v) is 9.46. The van der Waals surface area contributed by atoms with Gasteiger partial charge in [0.15, 0.2) is 0 Å². The molecule has 2 aliphatic heterocycles. The maximum absolute atomic E-state index is 13.0. The predicted octanol–water partition coefficient (Wildman–Crippen LogP) is 1.38. The van der Waals surface area contributed by atoms with Crippen molar-refractivity contribution in [3.8, 4) is 0 Å². The summed E-state index contributed by atoms with van der Waals surface area (Å²) < 4.78 is 34.4. The number of nitrogens with zero attached hydrogens (tertiary/aromatic N) is 2. The number of morpholine rings is 1. The van der Waals surface area contributed by atoms with Gasteiger partial charge in [-0.05, 0) is 64.0 Å². The van der Waals surface area contributed by atoms with Crippen molar-refractivity contribution in [1.82, 2.24) is 14.5 Å². The highest BCUT2D eigenvalue weighted by molar-refractivity contribution is 7.89. The molecule has 0 bridgehead atoms. The van der Waals surface area contributed by atoms with Gasteiger partial charge in [0, 0.05) is 25.2 Å². The van der Waals surface area contributed by atoms with Crippen LogP contribution in [-0.2, 0) is 14.8 Å². The molecule has 26 heavy (non-hydrogen) atoms. The van der Waals surface area contributed by atoms with Gasteiger partial charge in [-0.3, -0.25) is 4.90 Å². The summed E-state index contributed by atoms with van der Waals surface area (Å²) in [6.07, 6.45) is 1.94. The molecule has 0 aromatic heterocycles. The first-order valence-corrected chi connectivity index (χ1v) is 10.9. The van der Waals surface area contributed by atoms with Crippen molar-refractivity contribution in [1.29, 1.82) is 0 Å². The highest BCUT2D eigenvalue weighted by Crippen LogP contribution is 2.29. The highest BCUT2D eigenvalue weighted by atomic mass is 32.2. The highest BCUT2D eigenvalue weighted by Gasteiger charge is 2.40.